The van der Waals surface area contributed by atoms with Gasteiger partial charge in [-0.15, -0.1) is 0 Å². The van der Waals surface area contributed by atoms with Gasteiger partial charge in [-0.05, 0) is 38.3 Å². The molecule has 1 saturated carbocycles. The standard InChI is InChI=1S/C12H19NO2/c1-10(15-11-4-2-5-11)8-13-9-12-6-3-7-14-12/h3,6-7,10-11,13H,2,4-5,8-9H2,1H3. The molecule has 1 unspecified atom stereocenters. The summed E-state index contributed by atoms with van der Waals surface area (Å²) in [6.07, 6.45) is 6.32. The van der Waals surface area contributed by atoms with Crippen molar-refractivity contribution < 1.29 is 9.15 Å². The Morgan fingerprint density at radius 2 is 2.47 bits per heavy atom. The van der Waals surface area contributed by atoms with Gasteiger partial charge in [0.05, 0.1) is 25.0 Å². The normalized spacial score (nSPS) is 18.7. The molecule has 1 heterocycles. The van der Waals surface area contributed by atoms with Gasteiger partial charge in [-0.2, -0.15) is 0 Å². The molecule has 0 spiro atoms. The fourth-order valence-corrected chi connectivity index (χ4v) is 1.70. The van der Waals surface area contributed by atoms with Crippen LogP contribution in [0.15, 0.2) is 22.8 Å². The molecule has 0 amide bonds. The topological polar surface area (TPSA) is 34.4 Å². The van der Waals surface area contributed by atoms with E-state index in [1.54, 1.807) is 6.26 Å². The monoisotopic (exact) mass is 209 g/mol. The van der Waals surface area contributed by atoms with E-state index in [1.165, 1.54) is 19.3 Å². The quantitative estimate of drug-likeness (QED) is 0.780. The molecule has 1 aromatic rings. The summed E-state index contributed by atoms with van der Waals surface area (Å²) in [7, 11) is 0. The predicted molar refractivity (Wildman–Crippen MR) is 58.6 cm³/mol. The highest BCUT2D eigenvalue weighted by atomic mass is 16.5. The van der Waals surface area contributed by atoms with Gasteiger partial charge in [-0.3, -0.25) is 0 Å². The Balaban J connectivity index is 1.56. The molecule has 0 bridgehead atoms. The third kappa shape index (κ3) is 3.36. The number of ether oxygens (including phenoxy) is 1. The molecular formula is C12H19NO2. The zero-order valence-electron chi connectivity index (χ0n) is 9.24. The summed E-state index contributed by atoms with van der Waals surface area (Å²) in [4.78, 5) is 0. The Morgan fingerprint density at radius 3 is 3.07 bits per heavy atom. The second-order valence-electron chi connectivity index (χ2n) is 4.21. The number of rotatable bonds is 6. The van der Waals surface area contributed by atoms with Crippen molar-refractivity contribution in [2.24, 2.45) is 0 Å². The van der Waals surface area contributed by atoms with E-state index in [0.29, 0.717) is 12.2 Å². The molecule has 0 aromatic carbocycles. The molecule has 3 heteroatoms. The molecule has 1 atom stereocenters. The van der Waals surface area contributed by atoms with Crippen molar-refractivity contribution in [1.29, 1.82) is 0 Å². The summed E-state index contributed by atoms with van der Waals surface area (Å²) in [6, 6.07) is 3.88. The van der Waals surface area contributed by atoms with E-state index in [1.807, 2.05) is 12.1 Å². The van der Waals surface area contributed by atoms with Gasteiger partial charge in [-0.1, -0.05) is 0 Å². The zero-order chi connectivity index (χ0) is 10.5. The molecule has 0 aliphatic heterocycles. The van der Waals surface area contributed by atoms with Crippen molar-refractivity contribution >= 4 is 0 Å². The molecule has 1 aromatic heterocycles. The molecule has 1 N–H and O–H groups in total. The Morgan fingerprint density at radius 1 is 1.60 bits per heavy atom. The molecule has 15 heavy (non-hydrogen) atoms. The van der Waals surface area contributed by atoms with E-state index < -0.39 is 0 Å². The first-order valence-corrected chi connectivity index (χ1v) is 5.73. The second-order valence-corrected chi connectivity index (χ2v) is 4.21. The van der Waals surface area contributed by atoms with Crippen LogP contribution in [0.3, 0.4) is 0 Å². The smallest absolute Gasteiger partial charge is 0.117 e. The molecule has 1 aliphatic rings. The second kappa shape index (κ2) is 5.33. The van der Waals surface area contributed by atoms with Crippen LogP contribution in [0.5, 0.6) is 0 Å². The summed E-state index contributed by atoms with van der Waals surface area (Å²) in [6.45, 7) is 3.79. The SMILES string of the molecule is CC(CNCc1ccco1)OC1CCC1. The van der Waals surface area contributed by atoms with Crippen molar-refractivity contribution in [2.45, 2.75) is 44.9 Å². The van der Waals surface area contributed by atoms with Crippen LogP contribution >= 0.6 is 0 Å². The Hall–Kier alpha value is -0.800. The number of nitrogens with one attached hydrogen (secondary N) is 1. The number of hydrogen-bond acceptors (Lipinski definition) is 3. The van der Waals surface area contributed by atoms with Crippen molar-refractivity contribution in [3.05, 3.63) is 24.2 Å². The van der Waals surface area contributed by atoms with Crippen LogP contribution in [0.2, 0.25) is 0 Å². The zero-order valence-corrected chi connectivity index (χ0v) is 9.24. The molecule has 0 saturated heterocycles. The molecule has 1 fully saturated rings. The van der Waals surface area contributed by atoms with Gasteiger partial charge < -0.3 is 14.5 Å². The van der Waals surface area contributed by atoms with Crippen LogP contribution in [0.4, 0.5) is 0 Å². The first-order chi connectivity index (χ1) is 7.34. The molecule has 3 nitrogen and oxygen atoms in total. The summed E-state index contributed by atoms with van der Waals surface area (Å²) < 4.78 is 11.0. The Labute approximate surface area is 90.8 Å². The van der Waals surface area contributed by atoms with E-state index in [2.05, 4.69) is 12.2 Å². The van der Waals surface area contributed by atoms with E-state index in [0.717, 1.165) is 18.8 Å². The van der Waals surface area contributed by atoms with Gasteiger partial charge in [0.1, 0.15) is 5.76 Å². The number of furan rings is 1. The summed E-state index contributed by atoms with van der Waals surface area (Å²) >= 11 is 0. The molecule has 2 rings (SSSR count). The highest BCUT2D eigenvalue weighted by Crippen LogP contribution is 2.22. The van der Waals surface area contributed by atoms with Crippen LogP contribution in [0.1, 0.15) is 31.9 Å². The molecule has 84 valence electrons. The van der Waals surface area contributed by atoms with E-state index >= 15 is 0 Å². The summed E-state index contributed by atoms with van der Waals surface area (Å²) in [5, 5.41) is 3.32. The third-order valence-electron chi connectivity index (χ3n) is 2.79. The largest absolute Gasteiger partial charge is 0.468 e. The van der Waals surface area contributed by atoms with Gasteiger partial charge in [-0.25, -0.2) is 0 Å². The van der Waals surface area contributed by atoms with Crippen molar-refractivity contribution in [3.8, 4) is 0 Å². The average molecular weight is 209 g/mol. The highest BCUT2D eigenvalue weighted by Gasteiger charge is 2.20. The maximum Gasteiger partial charge on any atom is 0.117 e. The average Bonchev–Trinajstić information content (AvgIpc) is 2.64. The van der Waals surface area contributed by atoms with Gasteiger partial charge in [0.2, 0.25) is 0 Å². The van der Waals surface area contributed by atoms with E-state index in [9.17, 15) is 0 Å². The Bertz CT molecular complexity index is 267. The fourth-order valence-electron chi connectivity index (χ4n) is 1.70. The minimum absolute atomic E-state index is 0.297. The van der Waals surface area contributed by atoms with Crippen molar-refractivity contribution in [1.82, 2.24) is 5.32 Å². The van der Waals surface area contributed by atoms with Crippen LogP contribution in [0.25, 0.3) is 0 Å². The van der Waals surface area contributed by atoms with Crippen LogP contribution < -0.4 is 5.32 Å². The first kappa shape index (κ1) is 10.7. The Kier molecular flexibility index (Phi) is 3.80. The lowest BCUT2D eigenvalue weighted by Crippen LogP contribution is -2.33. The minimum Gasteiger partial charge on any atom is -0.468 e. The lowest BCUT2D eigenvalue weighted by molar-refractivity contribution is -0.0419. The van der Waals surface area contributed by atoms with Crippen LogP contribution in [-0.2, 0) is 11.3 Å². The summed E-state index contributed by atoms with van der Waals surface area (Å²) in [5.74, 6) is 0.978. The van der Waals surface area contributed by atoms with E-state index in [4.69, 9.17) is 9.15 Å². The van der Waals surface area contributed by atoms with Crippen molar-refractivity contribution in [3.63, 3.8) is 0 Å². The number of hydrogen-bond donors (Lipinski definition) is 1. The molecular weight excluding hydrogens is 190 g/mol. The predicted octanol–water partition coefficient (Wildman–Crippen LogP) is 2.33. The third-order valence-corrected chi connectivity index (χ3v) is 2.79. The van der Waals surface area contributed by atoms with Gasteiger partial charge in [0.15, 0.2) is 0 Å². The summed E-state index contributed by atoms with van der Waals surface area (Å²) in [5.41, 5.74) is 0. The van der Waals surface area contributed by atoms with E-state index in [-0.39, 0.29) is 0 Å². The highest BCUT2D eigenvalue weighted by molar-refractivity contribution is 4.97. The maximum atomic E-state index is 5.81. The van der Waals surface area contributed by atoms with Crippen LogP contribution in [-0.4, -0.2) is 18.8 Å². The minimum atomic E-state index is 0.297. The first-order valence-electron chi connectivity index (χ1n) is 5.73. The fraction of sp³-hybridized carbons (Fsp3) is 0.667. The van der Waals surface area contributed by atoms with Gasteiger partial charge >= 0.3 is 0 Å². The lowest BCUT2D eigenvalue weighted by Gasteiger charge is -2.29. The lowest BCUT2D eigenvalue weighted by atomic mass is 9.96. The van der Waals surface area contributed by atoms with Gasteiger partial charge in [0, 0.05) is 6.54 Å². The van der Waals surface area contributed by atoms with Gasteiger partial charge in [0.25, 0.3) is 0 Å². The van der Waals surface area contributed by atoms with Crippen molar-refractivity contribution in [2.75, 3.05) is 6.54 Å². The molecule has 0 radical (unpaired) electrons. The molecule has 1 aliphatic carbocycles. The maximum absolute atomic E-state index is 5.81. The van der Waals surface area contributed by atoms with Crippen LogP contribution in [0, 0.1) is 0 Å².